The highest BCUT2D eigenvalue weighted by molar-refractivity contribution is 5.76. The van der Waals surface area contributed by atoms with Crippen LogP contribution in [0, 0.1) is 0 Å². The highest BCUT2D eigenvalue weighted by Crippen LogP contribution is 2.33. The Morgan fingerprint density at radius 1 is 0.537 bits per heavy atom. The molecule has 3 fully saturated rings. The molecule has 0 radical (unpaired) electrons. The Kier molecular flexibility index (Phi) is 29.7. The summed E-state index contributed by atoms with van der Waals surface area (Å²) in [6.45, 7) is 1.56. The number of amides is 1. The van der Waals surface area contributed by atoms with E-state index in [9.17, 15) is 61.0 Å². The van der Waals surface area contributed by atoms with Crippen molar-refractivity contribution in [2.24, 2.45) is 0 Å². The molecule has 12 N–H and O–H groups in total. The molecular weight excluding hydrogens is 879 g/mol. The minimum Gasteiger partial charge on any atom is -0.394 e. The van der Waals surface area contributed by atoms with Gasteiger partial charge >= 0.3 is 0 Å². The van der Waals surface area contributed by atoms with E-state index in [0.29, 0.717) is 6.42 Å². The number of hydrogen-bond acceptors (Lipinski definition) is 18. The predicted molar refractivity (Wildman–Crippen MR) is 245 cm³/mol. The van der Waals surface area contributed by atoms with Crippen molar-refractivity contribution >= 4 is 5.91 Å². The normalized spacial score (nSPS) is 33.8. The zero-order valence-electron chi connectivity index (χ0n) is 39.6. The van der Waals surface area contributed by atoms with E-state index in [4.69, 9.17) is 28.4 Å². The molecule has 3 rings (SSSR count). The molecule has 1 amide bonds. The Bertz CT molecular complexity index is 1390. The van der Waals surface area contributed by atoms with Crippen molar-refractivity contribution in [2.45, 2.75) is 234 Å². The van der Waals surface area contributed by atoms with Crippen molar-refractivity contribution in [3.8, 4) is 0 Å². The molecule has 390 valence electrons. The maximum Gasteiger partial charge on any atom is 0.220 e. The molecule has 0 aromatic carbocycles. The summed E-state index contributed by atoms with van der Waals surface area (Å²) in [5.74, 6) is -0.298. The first-order chi connectivity index (χ1) is 32.3. The Hall–Kier alpha value is -1.99. The molecule has 17 unspecified atom stereocenters. The van der Waals surface area contributed by atoms with E-state index in [1.165, 1.54) is 19.3 Å². The van der Waals surface area contributed by atoms with Crippen LogP contribution in [0.1, 0.15) is 129 Å². The Labute approximate surface area is 396 Å². The number of rotatable bonds is 33. The monoisotopic (exact) mass is 964 g/mol. The largest absolute Gasteiger partial charge is 0.394 e. The number of carbonyl (C=O) groups excluding carboxylic acids is 1. The minimum absolute atomic E-state index is 0.225. The average molecular weight is 964 g/mol. The minimum atomic E-state index is -1.98. The van der Waals surface area contributed by atoms with Gasteiger partial charge in [0.05, 0.1) is 38.6 Å². The Morgan fingerprint density at radius 2 is 0.985 bits per heavy atom. The number of unbranched alkanes of at least 4 members (excludes halogenated alkanes) is 13. The first-order valence-corrected chi connectivity index (χ1v) is 24.7. The molecule has 0 spiro atoms. The van der Waals surface area contributed by atoms with Crippen LogP contribution in [0.2, 0.25) is 0 Å². The van der Waals surface area contributed by atoms with E-state index < -0.39 is 124 Å². The number of nitrogens with one attached hydrogen (secondary N) is 1. The first kappa shape index (κ1) is 59.3. The molecule has 3 aliphatic heterocycles. The van der Waals surface area contributed by atoms with Gasteiger partial charge in [0.2, 0.25) is 5.91 Å². The van der Waals surface area contributed by atoms with Gasteiger partial charge in [0, 0.05) is 6.42 Å². The van der Waals surface area contributed by atoms with Gasteiger partial charge in [0.25, 0.3) is 0 Å². The molecule has 3 saturated heterocycles. The topological polar surface area (TPSA) is 307 Å². The Balaban J connectivity index is 1.55. The summed E-state index contributed by atoms with van der Waals surface area (Å²) < 4.78 is 34.0. The molecule has 3 heterocycles. The van der Waals surface area contributed by atoms with Crippen LogP contribution in [-0.2, 0) is 33.2 Å². The number of aliphatic hydroxyl groups is 11. The average Bonchev–Trinajstić information content (AvgIpc) is 3.32. The van der Waals surface area contributed by atoms with Gasteiger partial charge in [-0.2, -0.15) is 0 Å². The van der Waals surface area contributed by atoms with Gasteiger partial charge in [-0.1, -0.05) is 108 Å². The van der Waals surface area contributed by atoms with Crippen LogP contribution in [0.15, 0.2) is 36.5 Å². The highest BCUT2D eigenvalue weighted by atomic mass is 16.8. The van der Waals surface area contributed by atoms with E-state index in [0.717, 1.165) is 83.5 Å². The lowest BCUT2D eigenvalue weighted by molar-refractivity contribution is -0.379. The number of aliphatic hydroxyl groups excluding tert-OH is 11. The number of allylic oxidation sites excluding steroid dienone is 5. The van der Waals surface area contributed by atoms with Crippen LogP contribution >= 0.6 is 0 Å². The molecule has 0 bridgehead atoms. The second kappa shape index (κ2) is 33.6. The fourth-order valence-corrected chi connectivity index (χ4v) is 8.22. The molecular formula is C48H85NO18. The summed E-state index contributed by atoms with van der Waals surface area (Å²) in [6.07, 6.45) is 3.29. The van der Waals surface area contributed by atoms with Crippen molar-refractivity contribution in [3.63, 3.8) is 0 Å². The third kappa shape index (κ3) is 20.0. The van der Waals surface area contributed by atoms with E-state index in [2.05, 4.69) is 43.5 Å². The molecule has 19 heteroatoms. The summed E-state index contributed by atoms with van der Waals surface area (Å²) in [7, 11) is 0. The fraction of sp³-hybridized carbons (Fsp3) is 0.854. The van der Waals surface area contributed by atoms with Crippen LogP contribution in [0.3, 0.4) is 0 Å². The van der Waals surface area contributed by atoms with Gasteiger partial charge in [-0.3, -0.25) is 4.79 Å². The lowest BCUT2D eigenvalue weighted by Crippen LogP contribution is -2.66. The lowest BCUT2D eigenvalue weighted by atomic mass is 9.96. The number of hydrogen-bond donors (Lipinski definition) is 12. The van der Waals surface area contributed by atoms with Crippen LogP contribution in [-0.4, -0.2) is 193 Å². The summed E-state index contributed by atoms with van der Waals surface area (Å²) in [5, 5.41) is 119. The van der Waals surface area contributed by atoms with E-state index >= 15 is 0 Å². The summed E-state index contributed by atoms with van der Waals surface area (Å²) in [6, 6.07) is -0.975. The second-order valence-corrected chi connectivity index (χ2v) is 17.9. The van der Waals surface area contributed by atoms with E-state index in [-0.39, 0.29) is 18.9 Å². The van der Waals surface area contributed by atoms with E-state index in [1.54, 1.807) is 6.08 Å². The molecule has 67 heavy (non-hydrogen) atoms. The molecule has 0 aliphatic carbocycles. The van der Waals surface area contributed by atoms with Crippen LogP contribution in [0.5, 0.6) is 0 Å². The van der Waals surface area contributed by atoms with Gasteiger partial charge in [-0.05, 0) is 51.4 Å². The fourth-order valence-electron chi connectivity index (χ4n) is 8.22. The quantitative estimate of drug-likeness (QED) is 0.0323. The van der Waals surface area contributed by atoms with Gasteiger partial charge in [-0.15, -0.1) is 0 Å². The predicted octanol–water partition coefficient (Wildman–Crippen LogP) is 1.03. The van der Waals surface area contributed by atoms with Crippen LogP contribution in [0.25, 0.3) is 0 Å². The molecule has 0 aromatic heterocycles. The van der Waals surface area contributed by atoms with Crippen molar-refractivity contribution < 1.29 is 89.4 Å². The van der Waals surface area contributed by atoms with Crippen LogP contribution in [0.4, 0.5) is 0 Å². The Morgan fingerprint density at radius 3 is 1.55 bits per heavy atom. The molecule has 0 saturated carbocycles. The van der Waals surface area contributed by atoms with Gasteiger partial charge < -0.3 is 89.9 Å². The van der Waals surface area contributed by atoms with Gasteiger partial charge in [0.1, 0.15) is 73.2 Å². The molecule has 3 aliphatic rings. The zero-order valence-corrected chi connectivity index (χ0v) is 39.6. The maximum absolute atomic E-state index is 13.1. The highest BCUT2D eigenvalue weighted by Gasteiger charge is 2.53. The van der Waals surface area contributed by atoms with E-state index in [1.807, 2.05) is 6.08 Å². The second-order valence-electron chi connectivity index (χ2n) is 17.9. The number of ether oxygens (including phenoxy) is 6. The summed E-state index contributed by atoms with van der Waals surface area (Å²) >= 11 is 0. The van der Waals surface area contributed by atoms with Crippen molar-refractivity contribution in [1.29, 1.82) is 0 Å². The van der Waals surface area contributed by atoms with Gasteiger partial charge in [-0.25, -0.2) is 0 Å². The standard InChI is InChI=1S/C48H85NO18/c1-3-5-7-9-11-12-13-14-15-16-17-18-20-22-24-26-36(54)49-31(32(53)25-23-21-19-10-8-6-4-2)30-62-46-42(60)39(57)44(34(28-51)64-46)67-48-43(61)40(58)45(35(29-52)65-48)66-47-41(59)38(56)37(55)33(27-50)63-47/h11-12,14-15,23,25,31-35,37-48,50-53,55-61H,3-10,13,16-22,24,26-30H2,1-2H3,(H,49,54)/b12-11-,15-14-,25-23+. The molecule has 19 nitrogen and oxygen atoms in total. The number of carbonyl (C=O) groups is 1. The molecule has 0 aromatic rings. The van der Waals surface area contributed by atoms with Crippen molar-refractivity contribution in [2.75, 3.05) is 26.4 Å². The zero-order chi connectivity index (χ0) is 49.1. The van der Waals surface area contributed by atoms with Crippen molar-refractivity contribution in [1.82, 2.24) is 5.32 Å². The van der Waals surface area contributed by atoms with Crippen LogP contribution < -0.4 is 5.32 Å². The third-order valence-corrected chi connectivity index (χ3v) is 12.4. The lowest BCUT2D eigenvalue weighted by Gasteiger charge is -2.48. The molecule has 17 atom stereocenters. The smallest absolute Gasteiger partial charge is 0.220 e. The van der Waals surface area contributed by atoms with Crippen molar-refractivity contribution in [3.05, 3.63) is 36.5 Å². The first-order valence-electron chi connectivity index (χ1n) is 24.7. The van der Waals surface area contributed by atoms with Gasteiger partial charge in [0.15, 0.2) is 18.9 Å². The third-order valence-electron chi connectivity index (χ3n) is 12.4. The SMILES string of the molecule is CCCCC/C=C\C/C=C\CCCCCCCC(=O)NC(COC1OC(CO)C(OC2OC(CO)C(OC3OC(CO)C(O)C(O)C3O)C(O)C2O)C(O)C1O)C(O)/C=C/CCCCCCC. The summed E-state index contributed by atoms with van der Waals surface area (Å²) in [4.78, 5) is 13.1. The maximum atomic E-state index is 13.1. The summed E-state index contributed by atoms with van der Waals surface area (Å²) in [5.41, 5.74) is 0.